The molecule has 0 fully saturated rings. The van der Waals surface area contributed by atoms with Crippen LogP contribution in [0.25, 0.3) is 0 Å². The van der Waals surface area contributed by atoms with E-state index >= 15 is 0 Å². The van der Waals surface area contributed by atoms with Gasteiger partial charge < -0.3 is 33.9 Å². The van der Waals surface area contributed by atoms with Gasteiger partial charge in [-0.05, 0) is 29.7 Å². The van der Waals surface area contributed by atoms with E-state index in [2.05, 4.69) is 11.8 Å². The second-order valence-electron chi connectivity index (χ2n) is 6.79. The lowest BCUT2D eigenvalue weighted by Gasteiger charge is -2.32. The number of methoxy groups -OCH3 is 4. The first kappa shape index (κ1) is 23.0. The van der Waals surface area contributed by atoms with Gasteiger partial charge in [-0.25, -0.2) is 0 Å². The third-order valence-electron chi connectivity index (χ3n) is 4.93. The van der Waals surface area contributed by atoms with Crippen LogP contribution in [0.5, 0.6) is 17.2 Å². The highest BCUT2D eigenvalue weighted by molar-refractivity contribution is 6.12. The van der Waals surface area contributed by atoms with E-state index in [-0.39, 0.29) is 18.1 Å². The Labute approximate surface area is 185 Å². The van der Waals surface area contributed by atoms with Gasteiger partial charge in [-0.1, -0.05) is 30.2 Å². The normalized spacial score (nSPS) is 18.1. The molecule has 2 aromatic carbocycles. The van der Waals surface area contributed by atoms with E-state index in [0.717, 1.165) is 11.3 Å². The number of aliphatic hydroxyl groups is 2. The number of Topliss-reactive ketones (excluding diaryl/α,β-unsaturated/α-hetero) is 1. The molecule has 0 saturated heterocycles. The Kier molecular flexibility index (Phi) is 6.93. The van der Waals surface area contributed by atoms with Crippen molar-refractivity contribution < 1.29 is 38.7 Å². The molecule has 2 N–H and O–H groups in total. The molecule has 0 saturated carbocycles. The first-order valence-electron chi connectivity index (χ1n) is 9.62. The van der Waals surface area contributed by atoms with Crippen molar-refractivity contribution in [1.29, 1.82) is 0 Å². The van der Waals surface area contributed by atoms with E-state index in [1.807, 2.05) is 24.3 Å². The van der Waals surface area contributed by atoms with Crippen LogP contribution < -0.4 is 14.2 Å². The first-order valence-corrected chi connectivity index (χ1v) is 9.62. The van der Waals surface area contributed by atoms with Crippen molar-refractivity contribution in [3.63, 3.8) is 0 Å². The molecule has 3 rings (SSSR count). The van der Waals surface area contributed by atoms with E-state index in [1.165, 1.54) is 21.3 Å². The van der Waals surface area contributed by atoms with Crippen LogP contribution in [0.4, 0.5) is 0 Å². The van der Waals surface area contributed by atoms with Gasteiger partial charge in [0.2, 0.25) is 5.76 Å². The molecule has 0 bridgehead atoms. The fraction of sp³-hybridized carbons (Fsp3) is 0.292. The van der Waals surface area contributed by atoms with Crippen LogP contribution in [0.2, 0.25) is 0 Å². The molecular formula is C24H24O8. The summed E-state index contributed by atoms with van der Waals surface area (Å²) in [7, 11) is 5.65. The van der Waals surface area contributed by atoms with Crippen molar-refractivity contribution in [3.05, 3.63) is 65.1 Å². The van der Waals surface area contributed by atoms with Gasteiger partial charge in [-0.3, -0.25) is 4.79 Å². The Bertz CT molecular complexity index is 1080. The molecule has 32 heavy (non-hydrogen) atoms. The predicted molar refractivity (Wildman–Crippen MR) is 114 cm³/mol. The summed E-state index contributed by atoms with van der Waals surface area (Å²) in [6, 6.07) is 12.3. The maximum Gasteiger partial charge on any atom is 0.254 e. The number of para-hydroxylation sites is 1. The lowest BCUT2D eigenvalue weighted by molar-refractivity contribution is -0.138. The molecule has 8 nitrogen and oxygen atoms in total. The minimum absolute atomic E-state index is 0.105. The number of hydrogen-bond acceptors (Lipinski definition) is 8. The zero-order valence-electron chi connectivity index (χ0n) is 18.2. The molecule has 8 heteroatoms. The highest BCUT2D eigenvalue weighted by Crippen LogP contribution is 2.38. The second-order valence-corrected chi connectivity index (χ2v) is 6.79. The number of aliphatic hydroxyl groups excluding tert-OH is 1. The molecule has 1 aliphatic rings. The molecule has 0 aliphatic heterocycles. The number of ketones is 1. The summed E-state index contributed by atoms with van der Waals surface area (Å²) in [6.45, 7) is 0.202. The fourth-order valence-corrected chi connectivity index (χ4v) is 3.20. The van der Waals surface area contributed by atoms with Crippen molar-refractivity contribution in [2.45, 2.75) is 18.3 Å². The molecule has 0 amide bonds. The van der Waals surface area contributed by atoms with E-state index in [4.69, 9.17) is 23.7 Å². The Morgan fingerprint density at radius 2 is 1.69 bits per heavy atom. The van der Waals surface area contributed by atoms with Crippen molar-refractivity contribution in [1.82, 2.24) is 0 Å². The number of carbonyl (C=O) groups is 1. The molecule has 0 spiro atoms. The van der Waals surface area contributed by atoms with Crippen molar-refractivity contribution >= 4 is 5.78 Å². The predicted octanol–water partition coefficient (Wildman–Crippen LogP) is 2.14. The summed E-state index contributed by atoms with van der Waals surface area (Å²) < 4.78 is 26.4. The molecular weight excluding hydrogens is 416 g/mol. The molecule has 1 aliphatic carbocycles. The first-order chi connectivity index (χ1) is 15.4. The van der Waals surface area contributed by atoms with E-state index < -0.39 is 17.5 Å². The van der Waals surface area contributed by atoms with Crippen LogP contribution >= 0.6 is 0 Å². The van der Waals surface area contributed by atoms with Crippen LogP contribution in [-0.4, -0.2) is 50.0 Å². The van der Waals surface area contributed by atoms with Crippen LogP contribution in [0.1, 0.15) is 17.2 Å². The topological polar surface area (TPSA) is 104 Å². The van der Waals surface area contributed by atoms with Crippen molar-refractivity contribution in [2.24, 2.45) is 0 Å². The van der Waals surface area contributed by atoms with E-state index in [9.17, 15) is 15.0 Å². The zero-order valence-corrected chi connectivity index (χ0v) is 18.2. The quantitative estimate of drug-likeness (QED) is 0.602. The van der Waals surface area contributed by atoms with Gasteiger partial charge in [0.05, 0.1) is 28.4 Å². The highest BCUT2D eigenvalue weighted by atomic mass is 16.5. The van der Waals surface area contributed by atoms with Gasteiger partial charge in [-0.2, -0.15) is 0 Å². The Morgan fingerprint density at radius 1 is 0.969 bits per heavy atom. The van der Waals surface area contributed by atoms with Gasteiger partial charge in [0.15, 0.2) is 17.3 Å². The number of carbonyl (C=O) groups excluding carboxylic acids is 1. The standard InChI is InChI=1S/C24H24O8/c1-28-16-10-8-15(9-11-16)14-32-20-17(6-5-7-19(20)29-2)18(25)12-13-24(27)22(26)21(30-3)23(24)31-4/h5-11,18,25,27H,14H2,1-4H3. The Hall–Kier alpha value is -3.67. The average molecular weight is 440 g/mol. The van der Waals surface area contributed by atoms with Crippen molar-refractivity contribution in [3.8, 4) is 29.1 Å². The third-order valence-corrected chi connectivity index (χ3v) is 4.93. The lowest BCUT2D eigenvalue weighted by atomic mass is 9.83. The minimum Gasteiger partial charge on any atom is -0.497 e. The van der Waals surface area contributed by atoms with Crippen molar-refractivity contribution in [2.75, 3.05) is 28.4 Å². The average Bonchev–Trinajstić information content (AvgIpc) is 2.83. The summed E-state index contributed by atoms with van der Waals surface area (Å²) in [5.74, 6) is 5.35. The van der Waals surface area contributed by atoms with Crippen LogP contribution in [0.15, 0.2) is 54.0 Å². The SMILES string of the molecule is COC1=C(OC)C(O)(C#CC(O)c2cccc(OC)c2OCc2ccc(OC)cc2)C1=O. The molecule has 2 aromatic rings. The smallest absolute Gasteiger partial charge is 0.254 e. The summed E-state index contributed by atoms with van der Waals surface area (Å²) in [4.78, 5) is 12.2. The molecule has 2 atom stereocenters. The van der Waals surface area contributed by atoms with Gasteiger partial charge in [0.1, 0.15) is 18.5 Å². The van der Waals surface area contributed by atoms with E-state index in [0.29, 0.717) is 17.1 Å². The third kappa shape index (κ3) is 4.21. The van der Waals surface area contributed by atoms with Crippen LogP contribution in [-0.2, 0) is 20.9 Å². The number of benzene rings is 2. The Balaban J connectivity index is 1.86. The lowest BCUT2D eigenvalue weighted by Crippen LogP contribution is -2.51. The maximum atomic E-state index is 12.2. The van der Waals surface area contributed by atoms with E-state index in [1.54, 1.807) is 25.3 Å². The second kappa shape index (κ2) is 9.64. The maximum absolute atomic E-state index is 12.2. The summed E-state index contributed by atoms with van der Waals surface area (Å²) >= 11 is 0. The van der Waals surface area contributed by atoms with Gasteiger partial charge in [0, 0.05) is 5.56 Å². The highest BCUT2D eigenvalue weighted by Gasteiger charge is 2.55. The van der Waals surface area contributed by atoms with Crippen LogP contribution in [0.3, 0.4) is 0 Å². The summed E-state index contributed by atoms with van der Waals surface area (Å²) in [5, 5.41) is 21.2. The monoisotopic (exact) mass is 440 g/mol. The number of ether oxygens (including phenoxy) is 5. The molecule has 0 heterocycles. The summed E-state index contributed by atoms with van der Waals surface area (Å²) in [5.41, 5.74) is -0.987. The van der Waals surface area contributed by atoms with Gasteiger partial charge in [0.25, 0.3) is 11.4 Å². The molecule has 2 unspecified atom stereocenters. The number of hydrogen-bond donors (Lipinski definition) is 2. The summed E-state index contributed by atoms with van der Waals surface area (Å²) in [6.07, 6.45) is -1.38. The van der Waals surface area contributed by atoms with Gasteiger partial charge in [-0.15, -0.1) is 0 Å². The minimum atomic E-state index is -2.18. The Morgan fingerprint density at radius 3 is 2.28 bits per heavy atom. The fourth-order valence-electron chi connectivity index (χ4n) is 3.20. The van der Waals surface area contributed by atoms with Crippen LogP contribution in [0, 0.1) is 11.8 Å². The molecule has 0 radical (unpaired) electrons. The molecule has 0 aromatic heterocycles. The van der Waals surface area contributed by atoms with Gasteiger partial charge >= 0.3 is 0 Å². The zero-order chi connectivity index (χ0) is 23.3. The largest absolute Gasteiger partial charge is 0.497 e. The molecule has 168 valence electrons. The number of rotatable bonds is 8.